The van der Waals surface area contributed by atoms with E-state index in [2.05, 4.69) is 16.0 Å². The molecule has 160 valence electrons. The third-order valence-electron chi connectivity index (χ3n) is 6.21. The van der Waals surface area contributed by atoms with Crippen molar-refractivity contribution in [3.63, 3.8) is 0 Å². The van der Waals surface area contributed by atoms with Crippen LogP contribution >= 0.6 is 12.4 Å². The van der Waals surface area contributed by atoms with Gasteiger partial charge in [-0.2, -0.15) is 0 Å². The monoisotopic (exact) mass is 428 g/mol. The first-order valence-corrected chi connectivity index (χ1v) is 10.3. The Morgan fingerprint density at radius 2 is 1.67 bits per heavy atom. The van der Waals surface area contributed by atoms with Gasteiger partial charge in [0.1, 0.15) is 0 Å². The van der Waals surface area contributed by atoms with Crippen molar-refractivity contribution in [3.05, 3.63) is 59.7 Å². The normalized spacial score (nSPS) is 24.1. The molecule has 4 unspecified atom stereocenters. The molecule has 2 aliphatic rings. The zero-order valence-corrected chi connectivity index (χ0v) is 17.9. The average molecular weight is 429 g/mol. The molecule has 30 heavy (non-hydrogen) atoms. The zero-order chi connectivity index (χ0) is 20.4. The molecule has 3 amide bonds. The molecule has 0 spiro atoms. The summed E-state index contributed by atoms with van der Waals surface area (Å²) in [4.78, 5) is 24.9. The molecule has 2 saturated carbocycles. The van der Waals surface area contributed by atoms with Crippen LogP contribution in [0.5, 0.6) is 0 Å². The van der Waals surface area contributed by atoms with Gasteiger partial charge < -0.3 is 21.7 Å². The summed E-state index contributed by atoms with van der Waals surface area (Å²) in [6.45, 7) is 2.40. The Balaban J connectivity index is 0.00000256. The molecule has 5 N–H and O–H groups in total. The molecule has 2 aromatic carbocycles. The summed E-state index contributed by atoms with van der Waals surface area (Å²) in [6, 6.07) is 14.8. The van der Waals surface area contributed by atoms with Gasteiger partial charge >= 0.3 is 6.03 Å². The number of nitrogens with one attached hydrogen (secondary N) is 3. The minimum absolute atomic E-state index is 0. The molecule has 7 heteroatoms. The second kappa shape index (κ2) is 9.49. The van der Waals surface area contributed by atoms with Crippen LogP contribution in [-0.4, -0.2) is 18.0 Å². The van der Waals surface area contributed by atoms with Gasteiger partial charge in [-0.15, -0.1) is 12.4 Å². The zero-order valence-electron chi connectivity index (χ0n) is 17.1. The molecule has 2 aromatic rings. The second-order valence-electron chi connectivity index (χ2n) is 8.30. The molecule has 0 aliphatic heterocycles. The van der Waals surface area contributed by atoms with E-state index in [1.165, 1.54) is 0 Å². The molecule has 0 saturated heterocycles. The maximum atomic E-state index is 12.6. The Morgan fingerprint density at radius 3 is 2.33 bits per heavy atom. The smallest absolute Gasteiger partial charge is 0.323 e. The average Bonchev–Trinajstić information content (AvgIpc) is 3.27. The molecule has 4 atom stereocenters. The summed E-state index contributed by atoms with van der Waals surface area (Å²) in [5.41, 5.74) is 9.71. The van der Waals surface area contributed by atoms with E-state index >= 15 is 0 Å². The van der Waals surface area contributed by atoms with Crippen molar-refractivity contribution < 1.29 is 9.59 Å². The SMILES string of the molecule is Cc1cccc(NC(=O)Nc2cccc(CNC(=O)C3C4CCC(C4)C3N)c2)c1.Cl. The van der Waals surface area contributed by atoms with E-state index in [0.717, 1.165) is 36.1 Å². The van der Waals surface area contributed by atoms with E-state index in [-0.39, 0.29) is 36.3 Å². The molecule has 0 radical (unpaired) electrons. The van der Waals surface area contributed by atoms with Gasteiger partial charge in [-0.05, 0) is 73.4 Å². The van der Waals surface area contributed by atoms with Crippen LogP contribution in [0.15, 0.2) is 48.5 Å². The number of hydrogen-bond acceptors (Lipinski definition) is 3. The van der Waals surface area contributed by atoms with E-state index < -0.39 is 0 Å². The molecule has 2 aliphatic carbocycles. The third kappa shape index (κ3) is 4.94. The largest absolute Gasteiger partial charge is 0.352 e. The lowest BCUT2D eigenvalue weighted by molar-refractivity contribution is -0.127. The number of benzene rings is 2. The molecule has 0 aromatic heterocycles. The van der Waals surface area contributed by atoms with E-state index in [4.69, 9.17) is 5.73 Å². The number of urea groups is 1. The molecular formula is C23H29ClN4O2. The van der Waals surface area contributed by atoms with Crippen molar-refractivity contribution in [1.82, 2.24) is 5.32 Å². The Hall–Kier alpha value is -2.57. The van der Waals surface area contributed by atoms with E-state index in [9.17, 15) is 9.59 Å². The fourth-order valence-corrected chi connectivity index (χ4v) is 4.81. The van der Waals surface area contributed by atoms with Crippen LogP contribution in [0, 0.1) is 24.7 Å². The van der Waals surface area contributed by atoms with Crippen molar-refractivity contribution in [1.29, 1.82) is 0 Å². The highest BCUT2D eigenvalue weighted by Crippen LogP contribution is 2.47. The van der Waals surface area contributed by atoms with Gasteiger partial charge in [0, 0.05) is 24.0 Å². The highest BCUT2D eigenvalue weighted by atomic mass is 35.5. The predicted molar refractivity (Wildman–Crippen MR) is 122 cm³/mol. The number of halogens is 1. The third-order valence-corrected chi connectivity index (χ3v) is 6.21. The Labute approximate surface area is 183 Å². The number of nitrogens with two attached hydrogens (primary N) is 1. The molecule has 6 nitrogen and oxygen atoms in total. The van der Waals surface area contributed by atoms with Crippen LogP contribution in [0.3, 0.4) is 0 Å². The van der Waals surface area contributed by atoms with Gasteiger partial charge in [0.2, 0.25) is 5.91 Å². The Morgan fingerprint density at radius 1 is 1.00 bits per heavy atom. The molecule has 2 fully saturated rings. The summed E-state index contributed by atoms with van der Waals surface area (Å²) >= 11 is 0. The topological polar surface area (TPSA) is 96.2 Å². The predicted octanol–water partition coefficient (Wildman–Crippen LogP) is 4.05. The fraction of sp³-hybridized carbons (Fsp3) is 0.391. The number of fused-ring (bicyclic) bond motifs is 2. The lowest BCUT2D eigenvalue weighted by Crippen LogP contribution is -2.45. The number of carbonyl (C=O) groups is 2. The number of anilines is 2. The number of amides is 3. The first-order chi connectivity index (χ1) is 14.0. The summed E-state index contributed by atoms with van der Waals surface area (Å²) in [5.74, 6) is 0.943. The van der Waals surface area contributed by atoms with Crippen molar-refractivity contribution in [2.75, 3.05) is 10.6 Å². The maximum absolute atomic E-state index is 12.6. The van der Waals surface area contributed by atoms with Crippen LogP contribution < -0.4 is 21.7 Å². The summed E-state index contributed by atoms with van der Waals surface area (Å²) < 4.78 is 0. The van der Waals surface area contributed by atoms with E-state index in [1.54, 1.807) is 0 Å². The van der Waals surface area contributed by atoms with E-state index in [0.29, 0.717) is 24.1 Å². The summed E-state index contributed by atoms with van der Waals surface area (Å²) in [5, 5.41) is 8.70. The number of rotatable bonds is 5. The van der Waals surface area contributed by atoms with Gasteiger partial charge in [0.15, 0.2) is 0 Å². The van der Waals surface area contributed by atoms with Crippen LogP contribution in [0.2, 0.25) is 0 Å². The molecular weight excluding hydrogens is 400 g/mol. The summed E-state index contributed by atoms with van der Waals surface area (Å²) in [7, 11) is 0. The maximum Gasteiger partial charge on any atom is 0.323 e. The summed E-state index contributed by atoms with van der Waals surface area (Å²) in [6.07, 6.45) is 3.37. The van der Waals surface area contributed by atoms with Crippen LogP contribution in [-0.2, 0) is 11.3 Å². The van der Waals surface area contributed by atoms with Gasteiger partial charge in [-0.1, -0.05) is 24.3 Å². The molecule has 4 rings (SSSR count). The van der Waals surface area contributed by atoms with Crippen LogP contribution in [0.1, 0.15) is 30.4 Å². The van der Waals surface area contributed by atoms with Gasteiger partial charge in [0.25, 0.3) is 0 Å². The van der Waals surface area contributed by atoms with Crippen LogP contribution in [0.25, 0.3) is 0 Å². The van der Waals surface area contributed by atoms with Crippen molar-refractivity contribution in [2.45, 2.75) is 38.8 Å². The lowest BCUT2D eigenvalue weighted by atomic mass is 9.84. The first-order valence-electron chi connectivity index (χ1n) is 10.3. The number of carbonyl (C=O) groups excluding carboxylic acids is 2. The van der Waals surface area contributed by atoms with Crippen LogP contribution in [0.4, 0.5) is 16.2 Å². The van der Waals surface area contributed by atoms with Crippen molar-refractivity contribution in [3.8, 4) is 0 Å². The van der Waals surface area contributed by atoms with Crippen molar-refractivity contribution in [2.24, 2.45) is 23.5 Å². The minimum atomic E-state index is -0.301. The Bertz CT molecular complexity index is 918. The standard InChI is InChI=1S/C23H28N4O2.ClH/c1-14-4-2-6-18(10-14)26-23(29)27-19-7-3-5-15(11-19)13-25-22(28)20-16-8-9-17(12-16)21(20)24;/h2-7,10-11,16-17,20-21H,8-9,12-13,24H2,1H3,(H,25,28)(H2,26,27,29);1H. The van der Waals surface area contributed by atoms with Crippen molar-refractivity contribution >= 4 is 35.7 Å². The molecule has 2 bridgehead atoms. The number of aryl methyl sites for hydroxylation is 1. The van der Waals surface area contributed by atoms with Gasteiger partial charge in [0.05, 0.1) is 5.92 Å². The minimum Gasteiger partial charge on any atom is -0.352 e. The quantitative estimate of drug-likeness (QED) is 0.578. The van der Waals surface area contributed by atoms with Gasteiger partial charge in [-0.3, -0.25) is 4.79 Å². The highest BCUT2D eigenvalue weighted by Gasteiger charge is 2.48. The highest BCUT2D eigenvalue weighted by molar-refractivity contribution is 5.99. The molecule has 0 heterocycles. The Kier molecular flexibility index (Phi) is 7.00. The fourth-order valence-electron chi connectivity index (χ4n) is 4.81. The first kappa shape index (κ1) is 22.1. The van der Waals surface area contributed by atoms with E-state index in [1.807, 2.05) is 55.5 Å². The number of hydrogen-bond donors (Lipinski definition) is 4. The second-order valence-corrected chi connectivity index (χ2v) is 8.30. The van der Waals surface area contributed by atoms with Gasteiger partial charge in [-0.25, -0.2) is 4.79 Å². The lowest BCUT2D eigenvalue weighted by Gasteiger charge is -2.27.